The van der Waals surface area contributed by atoms with Gasteiger partial charge in [-0.25, -0.2) is 55.2 Å². The van der Waals surface area contributed by atoms with E-state index in [9.17, 15) is 25.9 Å². The van der Waals surface area contributed by atoms with Gasteiger partial charge in [0.2, 0.25) is 0 Å². The first-order chi connectivity index (χ1) is 42.6. The molecule has 0 aromatic heterocycles. The Hall–Kier alpha value is -6.65. The van der Waals surface area contributed by atoms with E-state index in [0.29, 0.717) is 57.6 Å². The van der Waals surface area contributed by atoms with E-state index in [2.05, 4.69) is 31.9 Å². The number of carbonyl (C=O) groups excluding carboxylic acids is 8. The van der Waals surface area contributed by atoms with E-state index in [1.54, 1.807) is 49.6 Å². The predicted molar refractivity (Wildman–Crippen MR) is 312 cm³/mol. The number of urea groups is 8. The Labute approximate surface area is 553 Å². The van der Waals surface area contributed by atoms with Gasteiger partial charge in [0.05, 0.1) is 72.8 Å². The Morgan fingerprint density at radius 2 is 0.604 bits per heavy atom. The molecule has 0 radical (unpaired) electrons. The molecule has 0 aliphatic carbocycles. The number of alkyl halides is 2. The van der Waals surface area contributed by atoms with Gasteiger partial charge in [-0.3, -0.25) is 78.4 Å². The Kier molecular flexibility index (Phi) is 14.0. The first-order valence-corrected chi connectivity index (χ1v) is 34.5. The normalized spacial score (nSPS) is 30.5. The number of halogens is 2. The van der Waals surface area contributed by atoms with Crippen LogP contribution in [0.3, 0.4) is 0 Å². The van der Waals surface area contributed by atoms with Crippen molar-refractivity contribution < 1.29 is 83.2 Å². The van der Waals surface area contributed by atoms with Crippen molar-refractivity contribution in [2.45, 2.75) is 114 Å². The molecule has 0 saturated carbocycles. The van der Waals surface area contributed by atoms with E-state index < -0.39 is 167 Å². The molecular weight excluding hydrogens is 1380 g/mol. The third-order valence-electron chi connectivity index (χ3n) is 20.9. The molecule has 0 N–H and O–H groups in total. The first kappa shape index (κ1) is 61.8. The van der Waals surface area contributed by atoms with Crippen LogP contribution in [0.15, 0.2) is 24.3 Å². The molecule has 2 aromatic rings. The zero-order valence-corrected chi connectivity index (χ0v) is 55.8. The average molecular weight is 1450 g/mol. The molecule has 13 aliphatic heterocycles. The second-order valence-corrected chi connectivity index (χ2v) is 29.3. The SMILES string of the molecule is CC12N3Cc4c(OCCBr)ccc(OCCBr)c4CN1C(=O)N1CN4C(=O)N5CN6C(=O)N7CN8C(=O)N9Cc%10c(OCCCS(=O)(=O)[O-])ccc(OCCCS(=O)(=O)[O-])c%10CN%10C(=O)N(CN%11C(=O)N(CN%12C(=O)N(CN(C3=O)C12C)C4C%125)C6C%117)C8(C)C%109C.[Mg+2]. The Balaban J connectivity index is 0.00000721. The van der Waals surface area contributed by atoms with Crippen LogP contribution in [-0.2, 0) is 46.4 Å². The number of fused-ring (bicyclic) bond motifs is 2. The summed E-state index contributed by atoms with van der Waals surface area (Å²) < 4.78 is 93.7. The zero-order valence-electron chi connectivity index (χ0n) is 49.5. The van der Waals surface area contributed by atoms with E-state index in [4.69, 9.17) is 18.9 Å². The van der Waals surface area contributed by atoms with Crippen LogP contribution in [0.2, 0.25) is 0 Å². The van der Waals surface area contributed by atoms with Gasteiger partial charge in [-0.2, -0.15) is 0 Å². The fraction of sp³-hybridized carbons (Fsp3) is 0.615. The van der Waals surface area contributed by atoms with Crippen molar-refractivity contribution in [3.05, 3.63) is 46.5 Å². The summed E-state index contributed by atoms with van der Waals surface area (Å²) in [6.45, 7) is 3.49. The van der Waals surface area contributed by atoms with Crippen molar-refractivity contribution in [2.24, 2.45) is 0 Å². The number of amides is 16. The second-order valence-electron chi connectivity index (χ2n) is 24.7. The topological polar surface area (TPSA) is 340 Å². The number of benzene rings is 2. The number of rotatable bonds is 16. The van der Waals surface area contributed by atoms with Crippen LogP contribution < -0.4 is 18.9 Å². The Bertz CT molecular complexity index is 3620. The van der Waals surface area contributed by atoms with E-state index in [1.165, 1.54) is 80.7 Å². The molecule has 13 heterocycles. The average Bonchev–Trinajstić information content (AvgIpc) is 1.50. The van der Waals surface area contributed by atoms with Crippen molar-refractivity contribution in [1.82, 2.24) is 78.4 Å². The van der Waals surface area contributed by atoms with Gasteiger partial charge < -0.3 is 28.1 Å². The molecular formula is C52H60Br2MgN16O18S2. The van der Waals surface area contributed by atoms with Crippen LogP contribution in [0.1, 0.15) is 62.8 Å². The third-order valence-corrected chi connectivity index (χ3v) is 23.1. The van der Waals surface area contributed by atoms with Crippen molar-refractivity contribution >= 4 is 123 Å². The van der Waals surface area contributed by atoms with Gasteiger partial charge in [-0.05, 0) is 64.8 Å². The van der Waals surface area contributed by atoms with Crippen LogP contribution in [0.25, 0.3) is 0 Å². The standard InChI is InChI=1S/C52H62Br2N16O18S2.Mg/c1-49-51(3)67-25-59-39-37-55(41(59)71)23-57-38-40-61(43(57)73)27-69-47(77)65-21-31-32(36(88-16-12-54)10-9-35(31)87-15-11-53)22-66-48(78)70(52(69,4)50(65,66)2)28-62(40)44(74)58(38)24-56(37)42(72)60(39)26-68(51)46(76)64(49)20-30-29(19-63(49)45(67)75)33(85-13-5-17-89(79,80)81)7-8-34(30)86-14-6-18-90(82,83)84;/h7-10,37-40H,5-6,11-28H2,1-4H3,(H,79,80,81)(H,82,83,84);/q;+2/p-2. The molecule has 2 aromatic carbocycles. The van der Waals surface area contributed by atoms with Gasteiger partial charge in [-0.1, -0.05) is 31.9 Å². The van der Waals surface area contributed by atoms with Crippen LogP contribution in [0.4, 0.5) is 38.4 Å². The monoisotopic (exact) mass is 1440 g/mol. The Morgan fingerprint density at radius 3 is 0.835 bits per heavy atom. The summed E-state index contributed by atoms with van der Waals surface area (Å²) in [5, 5.41) is 1.03. The smallest absolute Gasteiger partial charge is 0.748 e. The Morgan fingerprint density at radius 1 is 0.385 bits per heavy atom. The molecule has 0 spiro atoms. The van der Waals surface area contributed by atoms with Crippen LogP contribution >= 0.6 is 31.9 Å². The van der Waals surface area contributed by atoms with Crippen LogP contribution in [-0.4, -0.2) is 312 Å². The fourth-order valence-corrected chi connectivity index (χ4v) is 17.6. The summed E-state index contributed by atoms with van der Waals surface area (Å²) >= 11 is 6.87. The van der Waals surface area contributed by atoms with Gasteiger partial charge in [0.15, 0.2) is 47.3 Å². The van der Waals surface area contributed by atoms with Crippen molar-refractivity contribution in [1.29, 1.82) is 0 Å². The van der Waals surface area contributed by atoms with Crippen molar-refractivity contribution in [2.75, 3.05) is 88.6 Å². The largest absolute Gasteiger partial charge is 2.00 e. The maximum Gasteiger partial charge on any atom is 2.00 e. The predicted octanol–water partition coefficient (Wildman–Crippen LogP) is 1.06. The summed E-state index contributed by atoms with van der Waals surface area (Å²) in [7, 11) is -9.22. The molecule has 0 atom stereocenters. The maximum atomic E-state index is 15.6. The molecule has 34 nitrogen and oxygen atoms in total. The van der Waals surface area contributed by atoms with Crippen molar-refractivity contribution in [3.63, 3.8) is 0 Å². The first-order valence-electron chi connectivity index (χ1n) is 29.1. The second kappa shape index (κ2) is 20.7. The molecule has 39 heteroatoms. The molecule has 91 heavy (non-hydrogen) atoms. The number of carbonyl (C=O) groups is 8. The van der Waals surface area contributed by atoms with Crippen LogP contribution in [0.5, 0.6) is 23.0 Å². The fourth-order valence-electron chi connectivity index (χ4n) is 16.3. The molecule has 0 bridgehead atoms. The summed E-state index contributed by atoms with van der Waals surface area (Å²) in [5.74, 6) is -0.188. The molecule has 16 amide bonds. The quantitative estimate of drug-likeness (QED) is 0.0981. The molecule has 0 unspecified atom stereocenters. The third kappa shape index (κ3) is 8.07. The van der Waals surface area contributed by atoms with Gasteiger partial charge in [0.1, 0.15) is 63.0 Å². The summed E-state index contributed by atoms with van der Waals surface area (Å²) in [4.78, 5) is 147. The van der Waals surface area contributed by atoms with E-state index >= 15 is 38.4 Å². The van der Waals surface area contributed by atoms with Gasteiger partial charge in [-0.15, -0.1) is 0 Å². The van der Waals surface area contributed by atoms with E-state index in [-0.39, 0.29) is 86.8 Å². The minimum atomic E-state index is -4.61. The molecule has 484 valence electrons. The summed E-state index contributed by atoms with van der Waals surface area (Å²) in [5.41, 5.74) is -4.38. The number of hydrogen-bond acceptors (Lipinski definition) is 18. The maximum absolute atomic E-state index is 15.6. The van der Waals surface area contributed by atoms with Crippen molar-refractivity contribution in [3.8, 4) is 23.0 Å². The van der Waals surface area contributed by atoms with Gasteiger partial charge in [0.25, 0.3) is 0 Å². The number of ether oxygens (including phenoxy) is 4. The minimum absolute atomic E-state index is 0. The zero-order chi connectivity index (χ0) is 63.6. The minimum Gasteiger partial charge on any atom is -0.748 e. The summed E-state index contributed by atoms with van der Waals surface area (Å²) in [6, 6.07) is 1.45. The molecule has 13 aliphatic rings. The molecule has 11 saturated heterocycles. The molecule has 11 fully saturated rings. The number of nitrogens with zero attached hydrogens (tertiary/aromatic N) is 16. The van der Waals surface area contributed by atoms with E-state index in [1.807, 2.05) is 0 Å². The van der Waals surface area contributed by atoms with Gasteiger partial charge >= 0.3 is 71.3 Å². The summed E-state index contributed by atoms with van der Waals surface area (Å²) in [6.07, 6.45) is -5.21. The van der Waals surface area contributed by atoms with Crippen LogP contribution in [0, 0.1) is 0 Å². The van der Waals surface area contributed by atoms with E-state index in [0.717, 1.165) is 0 Å². The van der Waals surface area contributed by atoms with Gasteiger partial charge in [0, 0.05) is 44.4 Å². The molecule has 15 rings (SSSR count). The number of hydrogen-bond donors (Lipinski definition) is 0.